The van der Waals surface area contributed by atoms with Gasteiger partial charge in [0.1, 0.15) is 24.6 Å². The second-order valence-electron chi connectivity index (χ2n) is 6.45. The molecule has 2 aliphatic heterocycles. The number of carbonyl (C=O) groups is 2. The highest BCUT2D eigenvalue weighted by molar-refractivity contribution is 14.1. The summed E-state index contributed by atoms with van der Waals surface area (Å²) < 4.78 is 49.1. The molecule has 3 rings (SSSR count). The summed E-state index contributed by atoms with van der Waals surface area (Å²) >= 11 is 6.38. The lowest BCUT2D eigenvalue weighted by molar-refractivity contribution is -0.151. The summed E-state index contributed by atoms with van der Waals surface area (Å²) in [6.45, 7) is -0.435. The summed E-state index contributed by atoms with van der Waals surface area (Å²) in [5, 5.41) is 0. The Bertz CT molecular complexity index is 903. The van der Waals surface area contributed by atoms with Gasteiger partial charge >= 0.3 is 11.9 Å². The molecule has 1 aromatic carbocycles. The molecule has 1 aromatic rings. The fraction of sp³-hybridized carbons (Fsp3) is 0.500. The van der Waals surface area contributed by atoms with Crippen molar-refractivity contribution >= 4 is 89.8 Å². The fourth-order valence-electron chi connectivity index (χ4n) is 3.29. The Morgan fingerprint density at radius 1 is 1.21 bits per heavy atom. The van der Waals surface area contributed by atoms with E-state index in [9.17, 15) is 18.0 Å². The van der Waals surface area contributed by atoms with E-state index in [1.165, 1.54) is 0 Å². The van der Waals surface area contributed by atoms with Crippen LogP contribution in [0, 0.1) is 16.6 Å². The normalized spacial score (nSPS) is 26.3. The molecule has 0 aliphatic carbocycles. The van der Waals surface area contributed by atoms with E-state index < -0.39 is 52.5 Å². The van der Waals surface area contributed by atoms with E-state index in [0.717, 1.165) is 10.7 Å². The van der Waals surface area contributed by atoms with Crippen molar-refractivity contribution in [3.63, 3.8) is 0 Å². The van der Waals surface area contributed by atoms with Gasteiger partial charge in [-0.3, -0.25) is 9.35 Å². The minimum absolute atomic E-state index is 0.211. The van der Waals surface area contributed by atoms with Gasteiger partial charge in [0.2, 0.25) is 0 Å². The van der Waals surface area contributed by atoms with E-state index in [1.54, 1.807) is 6.07 Å². The Kier molecular flexibility index (Phi) is 7.48. The zero-order chi connectivity index (χ0) is 20.6. The molecule has 28 heavy (non-hydrogen) atoms. The molecule has 0 amide bonds. The minimum Gasteiger partial charge on any atom is -0.464 e. The van der Waals surface area contributed by atoms with Crippen LogP contribution in [0.2, 0.25) is 0 Å². The molecule has 2 saturated heterocycles. The van der Waals surface area contributed by atoms with Crippen LogP contribution in [-0.2, 0) is 29.1 Å². The number of halogens is 3. The largest absolute Gasteiger partial charge is 0.464 e. The van der Waals surface area contributed by atoms with E-state index in [-0.39, 0.29) is 6.10 Å². The van der Waals surface area contributed by atoms with Gasteiger partial charge in [0.05, 0.1) is 17.6 Å². The molecule has 0 aromatic heterocycles. The van der Waals surface area contributed by atoms with Crippen LogP contribution in [0.1, 0.15) is 23.2 Å². The Labute approximate surface area is 202 Å². The Morgan fingerprint density at radius 2 is 1.93 bits per heavy atom. The number of hydrogen-bond acceptors (Lipinski definition) is 7. The van der Waals surface area contributed by atoms with Crippen LogP contribution >= 0.6 is 67.8 Å². The quantitative estimate of drug-likeness (QED) is 0.205. The number of ether oxygens (including phenoxy) is 3. The zero-order valence-electron chi connectivity index (χ0n) is 14.1. The van der Waals surface area contributed by atoms with E-state index in [4.69, 9.17) is 18.8 Å². The third kappa shape index (κ3) is 5.47. The van der Waals surface area contributed by atoms with E-state index >= 15 is 0 Å². The minimum atomic E-state index is -4.20. The number of fused-ring (bicyclic) bond motifs is 2. The first-order valence-corrected chi connectivity index (χ1v) is 13.0. The van der Waals surface area contributed by atoms with Gasteiger partial charge in [-0.05, 0) is 86.3 Å². The predicted molar refractivity (Wildman–Crippen MR) is 123 cm³/mol. The van der Waals surface area contributed by atoms with Gasteiger partial charge in [0.25, 0.3) is 10.1 Å². The average molecular weight is 748 g/mol. The van der Waals surface area contributed by atoms with Crippen LogP contribution < -0.4 is 0 Å². The molecule has 2 heterocycles. The van der Waals surface area contributed by atoms with Crippen LogP contribution in [0.25, 0.3) is 0 Å². The standard InChI is InChI=1S/C16H15I3O8S/c17-7-3-9(13(19)11(18)4-7)16(21)27-12-6-8-5-10(14(12)26-8)15(20)25-1-2-28(22,23)24/h3-4,8,10,12,14H,1-2,5-6H2,(H,22,23,24). The summed E-state index contributed by atoms with van der Waals surface area (Å²) in [4.78, 5) is 24.9. The second kappa shape index (κ2) is 9.15. The highest BCUT2D eigenvalue weighted by atomic mass is 127. The number of rotatable bonds is 6. The number of hydrogen-bond donors (Lipinski definition) is 1. The maximum Gasteiger partial charge on any atom is 0.339 e. The lowest BCUT2D eigenvalue weighted by atomic mass is 9.87. The maximum atomic E-state index is 12.7. The van der Waals surface area contributed by atoms with Gasteiger partial charge in [-0.15, -0.1) is 0 Å². The molecule has 2 fully saturated rings. The molecule has 12 heteroatoms. The Morgan fingerprint density at radius 3 is 2.57 bits per heavy atom. The smallest absolute Gasteiger partial charge is 0.339 e. The van der Waals surface area contributed by atoms with Crippen molar-refractivity contribution in [2.24, 2.45) is 5.92 Å². The third-order valence-electron chi connectivity index (χ3n) is 4.48. The molecule has 8 nitrogen and oxygen atoms in total. The molecular formula is C16H15I3O8S. The topological polar surface area (TPSA) is 116 Å². The van der Waals surface area contributed by atoms with Crippen molar-refractivity contribution in [2.75, 3.05) is 12.4 Å². The van der Waals surface area contributed by atoms with Gasteiger partial charge in [-0.25, -0.2) is 4.79 Å². The van der Waals surface area contributed by atoms with Crippen molar-refractivity contribution < 1.29 is 36.8 Å². The number of benzene rings is 1. The van der Waals surface area contributed by atoms with Crippen molar-refractivity contribution in [1.82, 2.24) is 0 Å². The van der Waals surface area contributed by atoms with Crippen LogP contribution in [0.4, 0.5) is 0 Å². The molecule has 0 radical (unpaired) electrons. The number of esters is 2. The SMILES string of the molecule is O=C(OC1CC2CC(C(=O)OCCS(=O)(=O)O)C1O2)c1cc(I)cc(I)c1I. The van der Waals surface area contributed by atoms with Gasteiger partial charge in [0, 0.05) is 17.1 Å². The Hall–Kier alpha value is 0.220. The Balaban J connectivity index is 1.64. The summed E-state index contributed by atoms with van der Waals surface area (Å²) in [7, 11) is -4.20. The second-order valence-corrected chi connectivity index (χ2v) is 11.5. The molecule has 2 bridgehead atoms. The lowest BCUT2D eigenvalue weighted by Gasteiger charge is -2.25. The highest BCUT2D eigenvalue weighted by Gasteiger charge is 2.53. The molecule has 0 saturated carbocycles. The first-order chi connectivity index (χ1) is 13.0. The fourth-order valence-corrected chi connectivity index (χ4v) is 5.96. The summed E-state index contributed by atoms with van der Waals surface area (Å²) in [6.07, 6.45) is -0.467. The van der Waals surface area contributed by atoms with Crippen LogP contribution in [-0.4, -0.2) is 55.6 Å². The lowest BCUT2D eigenvalue weighted by Crippen LogP contribution is -2.39. The zero-order valence-corrected chi connectivity index (χ0v) is 21.4. The van der Waals surface area contributed by atoms with E-state index in [0.29, 0.717) is 18.4 Å². The van der Waals surface area contributed by atoms with Crippen molar-refractivity contribution in [3.05, 3.63) is 28.4 Å². The molecule has 1 N–H and O–H groups in total. The summed E-state index contributed by atoms with van der Waals surface area (Å²) in [5.41, 5.74) is 0.465. The summed E-state index contributed by atoms with van der Waals surface area (Å²) in [5.74, 6) is -2.38. The average Bonchev–Trinajstić information content (AvgIpc) is 3.17. The van der Waals surface area contributed by atoms with Crippen molar-refractivity contribution in [2.45, 2.75) is 31.2 Å². The van der Waals surface area contributed by atoms with E-state index in [1.807, 2.05) is 6.07 Å². The molecule has 154 valence electrons. The van der Waals surface area contributed by atoms with E-state index in [2.05, 4.69) is 67.8 Å². The molecule has 4 unspecified atom stereocenters. The molecular weight excluding hydrogens is 733 g/mol. The van der Waals surface area contributed by atoms with Gasteiger partial charge < -0.3 is 14.2 Å². The maximum absolute atomic E-state index is 12.7. The van der Waals surface area contributed by atoms with Crippen molar-refractivity contribution in [3.8, 4) is 0 Å². The van der Waals surface area contributed by atoms with Crippen LogP contribution in [0.5, 0.6) is 0 Å². The van der Waals surface area contributed by atoms with Crippen LogP contribution in [0.3, 0.4) is 0 Å². The number of carbonyl (C=O) groups excluding carboxylic acids is 2. The molecule has 4 atom stereocenters. The van der Waals surface area contributed by atoms with Gasteiger partial charge in [0.15, 0.2) is 0 Å². The first-order valence-electron chi connectivity index (χ1n) is 8.18. The predicted octanol–water partition coefficient (Wildman–Crippen LogP) is 2.63. The monoisotopic (exact) mass is 748 g/mol. The van der Waals surface area contributed by atoms with Crippen molar-refractivity contribution in [1.29, 1.82) is 0 Å². The van der Waals surface area contributed by atoms with Crippen LogP contribution in [0.15, 0.2) is 12.1 Å². The highest BCUT2D eigenvalue weighted by Crippen LogP contribution is 2.41. The summed E-state index contributed by atoms with van der Waals surface area (Å²) in [6, 6.07) is 3.71. The van der Waals surface area contributed by atoms with Gasteiger partial charge in [-0.2, -0.15) is 8.42 Å². The molecule has 0 spiro atoms. The molecule has 2 aliphatic rings. The van der Waals surface area contributed by atoms with Gasteiger partial charge in [-0.1, -0.05) is 0 Å². The third-order valence-corrected chi connectivity index (χ3v) is 8.83. The first kappa shape index (κ1) is 22.9.